The third-order valence-electron chi connectivity index (χ3n) is 4.87. The van der Waals surface area contributed by atoms with Crippen LogP contribution < -0.4 is 10.6 Å². The van der Waals surface area contributed by atoms with Crippen LogP contribution in [0, 0.1) is 13.8 Å². The van der Waals surface area contributed by atoms with Crippen molar-refractivity contribution in [3.8, 4) is 0 Å². The summed E-state index contributed by atoms with van der Waals surface area (Å²) in [7, 11) is 0. The van der Waals surface area contributed by atoms with E-state index in [2.05, 4.69) is 26.9 Å². The summed E-state index contributed by atoms with van der Waals surface area (Å²) in [6.07, 6.45) is 3.85. The topological polar surface area (TPSA) is 58.3 Å². The number of nitrogens with zero attached hydrogens (tertiary/aromatic N) is 4. The van der Waals surface area contributed by atoms with Crippen LogP contribution in [0.1, 0.15) is 36.1 Å². The lowest BCUT2D eigenvalue weighted by Gasteiger charge is -2.28. The van der Waals surface area contributed by atoms with Gasteiger partial charge in [0.25, 0.3) is 0 Å². The van der Waals surface area contributed by atoms with Gasteiger partial charge in [-0.25, -0.2) is 0 Å². The normalized spacial score (nSPS) is 23.8. The van der Waals surface area contributed by atoms with Crippen LogP contribution in [0.15, 0.2) is 0 Å². The summed E-state index contributed by atoms with van der Waals surface area (Å²) in [5, 5.41) is 8.78. The van der Waals surface area contributed by atoms with Crippen LogP contribution in [0.4, 0.5) is 5.82 Å². The van der Waals surface area contributed by atoms with Crippen molar-refractivity contribution in [2.24, 2.45) is 5.73 Å². The Balaban J connectivity index is 1.90. The number of fused-ring (bicyclic) bond motifs is 1. The van der Waals surface area contributed by atoms with E-state index >= 15 is 0 Å². The van der Waals surface area contributed by atoms with Crippen LogP contribution in [0.25, 0.3) is 0 Å². The minimum Gasteiger partial charge on any atom is -0.353 e. The molecule has 0 radical (unpaired) electrons. The maximum absolute atomic E-state index is 5.97. The summed E-state index contributed by atoms with van der Waals surface area (Å²) in [6, 6.07) is 0.687. The van der Waals surface area contributed by atoms with Crippen LogP contribution in [-0.4, -0.2) is 47.3 Å². The third kappa shape index (κ3) is 2.40. The van der Waals surface area contributed by atoms with Crippen molar-refractivity contribution in [3.05, 3.63) is 16.8 Å². The molecule has 5 heteroatoms. The van der Waals surface area contributed by atoms with Crippen molar-refractivity contribution >= 4 is 5.82 Å². The van der Waals surface area contributed by atoms with Crippen LogP contribution >= 0.6 is 0 Å². The van der Waals surface area contributed by atoms with Gasteiger partial charge >= 0.3 is 0 Å². The highest BCUT2D eigenvalue weighted by Gasteiger charge is 2.30. The minimum atomic E-state index is 0.544. The summed E-state index contributed by atoms with van der Waals surface area (Å²) in [5.41, 5.74) is 9.33. The van der Waals surface area contributed by atoms with Gasteiger partial charge < -0.3 is 10.6 Å². The Bertz CT molecular complexity index is 487. The van der Waals surface area contributed by atoms with Crippen LogP contribution in [-0.2, 0) is 6.54 Å². The molecule has 0 amide bonds. The van der Waals surface area contributed by atoms with Crippen molar-refractivity contribution < 1.29 is 0 Å². The van der Waals surface area contributed by atoms with Gasteiger partial charge in [-0.1, -0.05) is 0 Å². The molecule has 0 spiro atoms. The molecule has 1 aromatic rings. The van der Waals surface area contributed by atoms with E-state index in [0.29, 0.717) is 12.6 Å². The first-order valence-electron chi connectivity index (χ1n) is 7.72. The number of aromatic nitrogens is 2. The van der Waals surface area contributed by atoms with E-state index in [4.69, 9.17) is 5.73 Å². The first-order valence-corrected chi connectivity index (χ1v) is 7.72. The van der Waals surface area contributed by atoms with Crippen LogP contribution in [0.5, 0.6) is 0 Å². The molecule has 3 rings (SSSR count). The van der Waals surface area contributed by atoms with E-state index in [1.54, 1.807) is 0 Å². The van der Waals surface area contributed by atoms with Gasteiger partial charge in [-0.15, -0.1) is 5.10 Å². The smallest absolute Gasteiger partial charge is 0.156 e. The van der Waals surface area contributed by atoms with E-state index < -0.39 is 0 Å². The number of aryl methyl sites for hydroxylation is 1. The second-order valence-electron chi connectivity index (χ2n) is 6.05. The summed E-state index contributed by atoms with van der Waals surface area (Å²) in [5.74, 6) is 1.02. The number of hydrogen-bond acceptors (Lipinski definition) is 5. The van der Waals surface area contributed by atoms with E-state index in [1.807, 2.05) is 6.92 Å². The number of rotatable bonds is 2. The van der Waals surface area contributed by atoms with Crippen molar-refractivity contribution in [1.82, 2.24) is 15.1 Å². The Labute approximate surface area is 121 Å². The second-order valence-corrected chi connectivity index (χ2v) is 6.05. The molecule has 110 valence electrons. The Hall–Kier alpha value is -1.20. The molecule has 1 aromatic heterocycles. The van der Waals surface area contributed by atoms with Gasteiger partial charge in [0.05, 0.1) is 5.69 Å². The van der Waals surface area contributed by atoms with Crippen molar-refractivity contribution in [1.29, 1.82) is 0 Å². The van der Waals surface area contributed by atoms with Gasteiger partial charge in [0, 0.05) is 37.8 Å². The van der Waals surface area contributed by atoms with Gasteiger partial charge in [0.1, 0.15) is 0 Å². The van der Waals surface area contributed by atoms with Gasteiger partial charge in [-0.3, -0.25) is 4.90 Å². The zero-order valence-corrected chi connectivity index (χ0v) is 12.6. The lowest BCUT2D eigenvalue weighted by atomic mass is 10.1. The summed E-state index contributed by atoms with van der Waals surface area (Å²) in [4.78, 5) is 5.05. The molecule has 0 saturated carbocycles. The molecule has 5 nitrogen and oxygen atoms in total. The van der Waals surface area contributed by atoms with Gasteiger partial charge in [-0.05, 0) is 45.2 Å². The molecule has 20 heavy (non-hydrogen) atoms. The van der Waals surface area contributed by atoms with E-state index in [9.17, 15) is 0 Å². The molecule has 2 aliphatic heterocycles. The lowest BCUT2D eigenvalue weighted by molar-refractivity contribution is 0.273. The van der Waals surface area contributed by atoms with Crippen LogP contribution in [0.2, 0.25) is 0 Å². The number of anilines is 1. The summed E-state index contributed by atoms with van der Waals surface area (Å²) < 4.78 is 0. The monoisotopic (exact) mass is 275 g/mol. The Kier molecular flexibility index (Phi) is 3.89. The third-order valence-corrected chi connectivity index (χ3v) is 4.87. The predicted molar refractivity (Wildman–Crippen MR) is 80.8 cm³/mol. The largest absolute Gasteiger partial charge is 0.353 e. The summed E-state index contributed by atoms with van der Waals surface area (Å²) in [6.45, 7) is 9.28. The first kappa shape index (κ1) is 13.8. The van der Waals surface area contributed by atoms with E-state index in [-0.39, 0.29) is 0 Å². The predicted octanol–water partition coefficient (Wildman–Crippen LogP) is 1.23. The molecule has 0 bridgehead atoms. The molecule has 0 aliphatic carbocycles. The van der Waals surface area contributed by atoms with E-state index in [0.717, 1.165) is 24.6 Å². The molecule has 3 heterocycles. The fraction of sp³-hybridized carbons (Fsp3) is 0.733. The molecular weight excluding hydrogens is 250 g/mol. The number of hydrogen-bond donors (Lipinski definition) is 1. The molecule has 2 N–H and O–H groups in total. The quantitative estimate of drug-likeness (QED) is 0.879. The average Bonchev–Trinajstić information content (AvgIpc) is 2.79. The first-order chi connectivity index (χ1) is 9.70. The fourth-order valence-electron chi connectivity index (χ4n) is 3.54. The fourth-order valence-corrected chi connectivity index (χ4v) is 3.54. The highest BCUT2D eigenvalue weighted by Crippen LogP contribution is 2.27. The van der Waals surface area contributed by atoms with Gasteiger partial charge in [0.2, 0.25) is 0 Å². The molecular formula is C15H25N5. The molecule has 1 atom stereocenters. The zero-order chi connectivity index (χ0) is 14.1. The zero-order valence-electron chi connectivity index (χ0n) is 12.6. The molecule has 1 unspecified atom stereocenters. The Morgan fingerprint density at radius 1 is 1.15 bits per heavy atom. The molecule has 0 aromatic carbocycles. The standard InChI is InChI=1S/C15H25N5/c1-11-12(2)17-18-15(14(11)9-16)20-8-4-7-19-6-3-5-13(19)10-20/h13H,3-10,16H2,1-2H3. The maximum Gasteiger partial charge on any atom is 0.156 e. The second kappa shape index (κ2) is 5.66. The Morgan fingerprint density at radius 3 is 2.75 bits per heavy atom. The van der Waals surface area contributed by atoms with Crippen molar-refractivity contribution in [2.45, 2.75) is 45.7 Å². The number of nitrogens with two attached hydrogens (primary N) is 1. The summed E-state index contributed by atoms with van der Waals surface area (Å²) >= 11 is 0. The molecule has 2 aliphatic rings. The van der Waals surface area contributed by atoms with Gasteiger partial charge in [-0.2, -0.15) is 5.10 Å². The van der Waals surface area contributed by atoms with E-state index in [1.165, 1.54) is 43.5 Å². The van der Waals surface area contributed by atoms with Gasteiger partial charge in [0.15, 0.2) is 5.82 Å². The highest BCUT2D eigenvalue weighted by molar-refractivity contribution is 5.51. The maximum atomic E-state index is 5.97. The average molecular weight is 275 g/mol. The Morgan fingerprint density at radius 2 is 1.95 bits per heavy atom. The lowest BCUT2D eigenvalue weighted by Crippen LogP contribution is -2.37. The molecule has 2 saturated heterocycles. The van der Waals surface area contributed by atoms with Crippen LogP contribution in [0.3, 0.4) is 0 Å². The SMILES string of the molecule is Cc1nnc(N2CCCN3CCCC3C2)c(CN)c1C. The highest BCUT2D eigenvalue weighted by atomic mass is 15.3. The van der Waals surface area contributed by atoms with Crippen molar-refractivity contribution in [3.63, 3.8) is 0 Å². The minimum absolute atomic E-state index is 0.544. The van der Waals surface area contributed by atoms with Crippen molar-refractivity contribution in [2.75, 3.05) is 31.1 Å². The molecule has 2 fully saturated rings.